The first-order chi connectivity index (χ1) is 7.28. The lowest BCUT2D eigenvalue weighted by Crippen LogP contribution is -2.31. The van der Waals surface area contributed by atoms with Crippen molar-refractivity contribution in [2.45, 2.75) is 33.1 Å². The Bertz CT molecular complexity index is 213. The van der Waals surface area contributed by atoms with Crippen LogP contribution in [0.25, 0.3) is 0 Å². The molecule has 0 radical (unpaired) electrons. The minimum atomic E-state index is 0.883. The van der Waals surface area contributed by atoms with E-state index in [-0.39, 0.29) is 0 Å². The molecule has 2 nitrogen and oxygen atoms in total. The lowest BCUT2D eigenvalue weighted by atomic mass is 10.2. The fraction of sp³-hybridized carbons (Fsp3) is 0.692. The SMILES string of the molecule is C#C[CH+]C(CN(CCC)CCCC)=NC. The van der Waals surface area contributed by atoms with E-state index in [0.29, 0.717) is 0 Å². The molecule has 0 unspecified atom stereocenters. The van der Waals surface area contributed by atoms with E-state index >= 15 is 0 Å². The Hall–Kier alpha value is -0.940. The lowest BCUT2D eigenvalue weighted by Gasteiger charge is -2.20. The van der Waals surface area contributed by atoms with Crippen LogP contribution < -0.4 is 0 Å². The summed E-state index contributed by atoms with van der Waals surface area (Å²) < 4.78 is 0. The Morgan fingerprint density at radius 3 is 2.53 bits per heavy atom. The predicted molar refractivity (Wildman–Crippen MR) is 68.1 cm³/mol. The van der Waals surface area contributed by atoms with Crippen molar-refractivity contribution in [1.29, 1.82) is 0 Å². The molecule has 0 saturated carbocycles. The molecule has 0 heterocycles. The second-order valence-electron chi connectivity index (χ2n) is 3.66. The average molecular weight is 207 g/mol. The second-order valence-corrected chi connectivity index (χ2v) is 3.66. The number of terminal acetylenes is 1. The van der Waals surface area contributed by atoms with Gasteiger partial charge in [0.05, 0.1) is 6.54 Å². The molecule has 0 spiro atoms. The maximum Gasteiger partial charge on any atom is 0.144 e. The van der Waals surface area contributed by atoms with Gasteiger partial charge in [-0.1, -0.05) is 20.3 Å². The first-order valence-electron chi connectivity index (χ1n) is 5.75. The Morgan fingerprint density at radius 1 is 1.33 bits per heavy atom. The molecular formula is C13H23N2+. The Kier molecular flexibility index (Phi) is 9.01. The zero-order valence-electron chi connectivity index (χ0n) is 10.3. The predicted octanol–water partition coefficient (Wildman–Crippen LogP) is 2.41. The number of hydrogen-bond acceptors (Lipinski definition) is 2. The van der Waals surface area contributed by atoms with Crippen molar-refractivity contribution >= 4 is 5.71 Å². The molecule has 0 rings (SSSR count). The average Bonchev–Trinajstić information content (AvgIpc) is 2.25. The third kappa shape index (κ3) is 7.04. The van der Waals surface area contributed by atoms with E-state index in [2.05, 4.69) is 29.7 Å². The summed E-state index contributed by atoms with van der Waals surface area (Å²) in [6.45, 7) is 7.56. The van der Waals surface area contributed by atoms with Crippen LogP contribution in [0.4, 0.5) is 0 Å². The standard InChI is InChI=1S/C13H23N2/c1-5-8-11-15(10-7-3)12-13(14-4)9-6-2/h2,9H,5,7-8,10-12H2,1,3-4H3/q+1. The molecule has 0 atom stereocenters. The molecular weight excluding hydrogens is 184 g/mol. The fourth-order valence-corrected chi connectivity index (χ4v) is 1.47. The van der Waals surface area contributed by atoms with E-state index in [1.54, 1.807) is 13.5 Å². The van der Waals surface area contributed by atoms with Crippen molar-refractivity contribution in [2.24, 2.45) is 4.99 Å². The van der Waals surface area contributed by atoms with Crippen molar-refractivity contribution < 1.29 is 0 Å². The van der Waals surface area contributed by atoms with Gasteiger partial charge < -0.3 is 0 Å². The van der Waals surface area contributed by atoms with E-state index in [1.165, 1.54) is 19.3 Å². The molecule has 0 N–H and O–H groups in total. The highest BCUT2D eigenvalue weighted by molar-refractivity contribution is 5.96. The van der Waals surface area contributed by atoms with Crippen LogP contribution in [-0.2, 0) is 0 Å². The van der Waals surface area contributed by atoms with E-state index in [9.17, 15) is 0 Å². The highest BCUT2D eigenvalue weighted by Gasteiger charge is 2.10. The summed E-state index contributed by atoms with van der Waals surface area (Å²) in [6, 6.07) is 0. The molecule has 0 aromatic heterocycles. The van der Waals surface area contributed by atoms with Gasteiger partial charge in [0.1, 0.15) is 24.5 Å². The summed E-state index contributed by atoms with van der Waals surface area (Å²) in [5, 5.41) is 0. The van der Waals surface area contributed by atoms with Crippen LogP contribution in [0.15, 0.2) is 4.99 Å². The van der Waals surface area contributed by atoms with Gasteiger partial charge in [-0.15, -0.1) is 0 Å². The molecule has 0 aliphatic carbocycles. The first kappa shape index (κ1) is 14.1. The van der Waals surface area contributed by atoms with Crippen LogP contribution in [0.3, 0.4) is 0 Å². The van der Waals surface area contributed by atoms with Gasteiger partial charge in [0.15, 0.2) is 0 Å². The van der Waals surface area contributed by atoms with Crippen LogP contribution in [0, 0.1) is 18.8 Å². The van der Waals surface area contributed by atoms with Gasteiger partial charge in [-0.3, -0.25) is 9.89 Å². The number of hydrogen-bond donors (Lipinski definition) is 0. The van der Waals surface area contributed by atoms with Crippen LogP contribution >= 0.6 is 0 Å². The zero-order valence-corrected chi connectivity index (χ0v) is 10.3. The Morgan fingerprint density at radius 2 is 2.07 bits per heavy atom. The number of rotatable bonds is 8. The third-order valence-corrected chi connectivity index (χ3v) is 2.29. The largest absolute Gasteiger partial charge is 0.296 e. The quantitative estimate of drug-likeness (QED) is 0.339. The molecule has 0 fully saturated rings. The summed E-state index contributed by atoms with van der Waals surface area (Å²) in [4.78, 5) is 6.60. The molecule has 2 heteroatoms. The van der Waals surface area contributed by atoms with Crippen LogP contribution in [-0.4, -0.2) is 37.3 Å². The molecule has 15 heavy (non-hydrogen) atoms. The maximum atomic E-state index is 5.25. The zero-order chi connectivity index (χ0) is 11.5. The molecule has 0 aromatic carbocycles. The Labute approximate surface area is 94.8 Å². The highest BCUT2D eigenvalue weighted by atomic mass is 15.1. The normalized spacial score (nSPS) is 11.5. The molecule has 84 valence electrons. The number of unbranched alkanes of at least 4 members (excludes halogenated alkanes) is 1. The smallest absolute Gasteiger partial charge is 0.144 e. The summed E-state index contributed by atoms with van der Waals surface area (Å²) in [7, 11) is 1.80. The third-order valence-electron chi connectivity index (χ3n) is 2.29. The molecule has 0 aromatic rings. The van der Waals surface area contributed by atoms with Crippen LogP contribution in [0.5, 0.6) is 0 Å². The van der Waals surface area contributed by atoms with E-state index in [1.807, 2.05) is 0 Å². The van der Waals surface area contributed by atoms with Crippen LogP contribution in [0.1, 0.15) is 33.1 Å². The van der Waals surface area contributed by atoms with Crippen LogP contribution in [0.2, 0.25) is 0 Å². The van der Waals surface area contributed by atoms with Gasteiger partial charge in [0.2, 0.25) is 0 Å². The van der Waals surface area contributed by atoms with Gasteiger partial charge in [-0.25, -0.2) is 0 Å². The minimum absolute atomic E-state index is 0.883. The number of nitrogens with zero attached hydrogens (tertiary/aromatic N) is 2. The van der Waals surface area contributed by atoms with Gasteiger partial charge in [-0.2, -0.15) is 0 Å². The summed E-state index contributed by atoms with van der Waals surface area (Å²) in [6.07, 6.45) is 10.7. The fourth-order valence-electron chi connectivity index (χ4n) is 1.47. The van der Waals surface area contributed by atoms with E-state index in [0.717, 1.165) is 25.3 Å². The highest BCUT2D eigenvalue weighted by Crippen LogP contribution is 1.99. The summed E-state index contributed by atoms with van der Waals surface area (Å²) in [5.74, 6) is 2.54. The molecule has 0 aliphatic rings. The molecule has 0 saturated heterocycles. The van der Waals surface area contributed by atoms with Crippen molar-refractivity contribution in [3.63, 3.8) is 0 Å². The number of aliphatic imine (C=N–C) groups is 1. The van der Waals surface area contributed by atoms with E-state index in [4.69, 9.17) is 6.42 Å². The van der Waals surface area contributed by atoms with Crippen molar-refractivity contribution in [3.05, 3.63) is 6.42 Å². The lowest BCUT2D eigenvalue weighted by molar-refractivity contribution is 0.306. The van der Waals surface area contributed by atoms with Crippen molar-refractivity contribution in [1.82, 2.24) is 4.90 Å². The van der Waals surface area contributed by atoms with Gasteiger partial charge in [0.25, 0.3) is 0 Å². The maximum absolute atomic E-state index is 5.25. The van der Waals surface area contributed by atoms with Gasteiger partial charge in [0, 0.05) is 7.05 Å². The summed E-state index contributed by atoms with van der Waals surface area (Å²) >= 11 is 0. The minimum Gasteiger partial charge on any atom is -0.296 e. The van der Waals surface area contributed by atoms with Gasteiger partial charge in [-0.05, 0) is 25.9 Å². The summed E-state index contributed by atoms with van der Waals surface area (Å²) in [5.41, 5.74) is 1.00. The topological polar surface area (TPSA) is 15.6 Å². The second kappa shape index (κ2) is 9.61. The molecule has 0 aliphatic heterocycles. The monoisotopic (exact) mass is 207 g/mol. The van der Waals surface area contributed by atoms with Crippen molar-refractivity contribution in [2.75, 3.05) is 26.7 Å². The Balaban J connectivity index is 4.07. The van der Waals surface area contributed by atoms with Gasteiger partial charge >= 0.3 is 0 Å². The first-order valence-corrected chi connectivity index (χ1v) is 5.75. The molecule has 0 bridgehead atoms. The van der Waals surface area contributed by atoms with Crippen molar-refractivity contribution in [3.8, 4) is 12.3 Å². The van der Waals surface area contributed by atoms with E-state index < -0.39 is 0 Å². The molecule has 0 amide bonds.